The van der Waals surface area contributed by atoms with Gasteiger partial charge in [-0.15, -0.1) is 0 Å². The second-order valence-corrected chi connectivity index (χ2v) is 3.48. The van der Waals surface area contributed by atoms with Gasteiger partial charge >= 0.3 is 0 Å². The first-order chi connectivity index (χ1) is 6.97. The Morgan fingerprint density at radius 2 is 2.27 bits per heavy atom. The lowest BCUT2D eigenvalue weighted by Crippen LogP contribution is -2.02. The van der Waals surface area contributed by atoms with E-state index in [0.717, 1.165) is 6.07 Å². The smallest absolute Gasteiger partial charge is 0.258 e. The van der Waals surface area contributed by atoms with Crippen molar-refractivity contribution >= 4 is 33.2 Å². The lowest BCUT2D eigenvalue weighted by Gasteiger charge is -2.04. The van der Waals surface area contributed by atoms with Crippen molar-refractivity contribution in [1.29, 1.82) is 0 Å². The maximum atomic E-state index is 12.4. The third-order valence-electron chi connectivity index (χ3n) is 1.59. The Labute approximate surface area is 96.5 Å². The molecule has 1 aromatic rings. The standard InChI is InChI=1S/C7H4BrClF2N2O2/c8-2-4-3(9)1-5(13(14)15)6(12-4)7(10)11/h1,7H,2H2. The second-order valence-electron chi connectivity index (χ2n) is 2.51. The quantitative estimate of drug-likeness (QED) is 0.488. The third kappa shape index (κ3) is 2.60. The molecule has 0 atom stereocenters. The van der Waals surface area contributed by atoms with Gasteiger partial charge < -0.3 is 0 Å². The van der Waals surface area contributed by atoms with Gasteiger partial charge in [0.05, 0.1) is 15.6 Å². The lowest BCUT2D eigenvalue weighted by molar-refractivity contribution is -0.386. The van der Waals surface area contributed by atoms with Gasteiger partial charge in [-0.3, -0.25) is 10.1 Å². The van der Waals surface area contributed by atoms with Gasteiger partial charge in [0.1, 0.15) is 0 Å². The number of nitrogens with zero attached hydrogens (tertiary/aromatic N) is 2. The highest BCUT2D eigenvalue weighted by Crippen LogP contribution is 2.31. The van der Waals surface area contributed by atoms with E-state index in [1.54, 1.807) is 0 Å². The van der Waals surface area contributed by atoms with Crippen molar-refractivity contribution in [3.05, 3.63) is 32.6 Å². The highest BCUT2D eigenvalue weighted by molar-refractivity contribution is 9.08. The van der Waals surface area contributed by atoms with Crippen LogP contribution in [-0.4, -0.2) is 9.91 Å². The van der Waals surface area contributed by atoms with E-state index in [0.29, 0.717) is 0 Å². The topological polar surface area (TPSA) is 56.0 Å². The molecule has 0 unspecified atom stereocenters. The van der Waals surface area contributed by atoms with Gasteiger partial charge in [0.2, 0.25) is 0 Å². The van der Waals surface area contributed by atoms with Crippen molar-refractivity contribution in [3.8, 4) is 0 Å². The molecule has 0 saturated carbocycles. The highest BCUT2D eigenvalue weighted by atomic mass is 79.9. The first kappa shape index (κ1) is 12.3. The van der Waals surface area contributed by atoms with Crippen molar-refractivity contribution in [2.45, 2.75) is 11.8 Å². The Kier molecular flexibility index (Phi) is 3.92. The number of nitro groups is 1. The molecule has 1 heterocycles. The number of aromatic nitrogens is 1. The van der Waals surface area contributed by atoms with Crippen LogP contribution in [0, 0.1) is 10.1 Å². The van der Waals surface area contributed by atoms with Gasteiger partial charge in [-0.25, -0.2) is 13.8 Å². The average molecular weight is 301 g/mol. The second kappa shape index (κ2) is 4.80. The molecule has 82 valence electrons. The van der Waals surface area contributed by atoms with Crippen molar-refractivity contribution in [2.24, 2.45) is 0 Å². The normalized spacial score (nSPS) is 10.7. The van der Waals surface area contributed by atoms with Crippen LogP contribution in [0.1, 0.15) is 17.8 Å². The largest absolute Gasteiger partial charge is 0.298 e. The van der Waals surface area contributed by atoms with E-state index in [9.17, 15) is 18.9 Å². The zero-order valence-electron chi connectivity index (χ0n) is 7.08. The first-order valence-corrected chi connectivity index (χ1v) is 5.15. The van der Waals surface area contributed by atoms with Crippen LogP contribution >= 0.6 is 27.5 Å². The van der Waals surface area contributed by atoms with Crippen LogP contribution in [0.5, 0.6) is 0 Å². The summed E-state index contributed by atoms with van der Waals surface area (Å²) < 4.78 is 24.8. The molecule has 8 heteroatoms. The van der Waals surface area contributed by atoms with Gasteiger partial charge in [0, 0.05) is 11.4 Å². The summed E-state index contributed by atoms with van der Waals surface area (Å²) in [6.07, 6.45) is -3.00. The van der Waals surface area contributed by atoms with E-state index < -0.39 is 22.7 Å². The maximum absolute atomic E-state index is 12.4. The minimum Gasteiger partial charge on any atom is -0.258 e. The fourth-order valence-corrected chi connectivity index (χ4v) is 1.74. The molecule has 0 amide bonds. The number of hydrogen-bond donors (Lipinski definition) is 0. The van der Waals surface area contributed by atoms with Crippen molar-refractivity contribution < 1.29 is 13.7 Å². The molecule has 15 heavy (non-hydrogen) atoms. The van der Waals surface area contributed by atoms with Crippen LogP contribution in [0.25, 0.3) is 0 Å². The van der Waals surface area contributed by atoms with E-state index in [1.807, 2.05) is 0 Å². The van der Waals surface area contributed by atoms with Gasteiger partial charge in [0.15, 0.2) is 5.69 Å². The van der Waals surface area contributed by atoms with Gasteiger partial charge in [-0.2, -0.15) is 0 Å². The predicted octanol–water partition coefficient (Wildman–Crippen LogP) is 3.48. The summed E-state index contributed by atoms with van der Waals surface area (Å²) in [5, 5.41) is 10.6. The van der Waals surface area contributed by atoms with Crippen molar-refractivity contribution in [3.63, 3.8) is 0 Å². The Morgan fingerprint density at radius 1 is 1.67 bits per heavy atom. The summed E-state index contributed by atoms with van der Waals surface area (Å²) in [7, 11) is 0. The van der Waals surface area contributed by atoms with Crippen LogP contribution < -0.4 is 0 Å². The van der Waals surface area contributed by atoms with Crippen LogP contribution in [-0.2, 0) is 5.33 Å². The maximum Gasteiger partial charge on any atom is 0.298 e. The molecule has 1 aromatic heterocycles. The van der Waals surface area contributed by atoms with Crippen molar-refractivity contribution in [2.75, 3.05) is 0 Å². The highest BCUT2D eigenvalue weighted by Gasteiger charge is 2.25. The molecule has 0 spiro atoms. The number of hydrogen-bond acceptors (Lipinski definition) is 3. The molecule has 1 rings (SSSR count). The van der Waals surface area contributed by atoms with E-state index in [2.05, 4.69) is 20.9 Å². The van der Waals surface area contributed by atoms with Crippen LogP contribution in [0.3, 0.4) is 0 Å². The first-order valence-electron chi connectivity index (χ1n) is 3.65. The molecule has 0 aliphatic carbocycles. The van der Waals surface area contributed by atoms with Crippen LogP contribution in [0.15, 0.2) is 6.07 Å². The minimum absolute atomic E-state index is 0.0111. The fourth-order valence-electron chi connectivity index (χ4n) is 0.934. The molecular weight excluding hydrogens is 297 g/mol. The number of alkyl halides is 3. The molecule has 4 nitrogen and oxygen atoms in total. The molecule has 0 N–H and O–H groups in total. The van der Waals surface area contributed by atoms with E-state index in [1.165, 1.54) is 0 Å². The Bertz CT molecular complexity index is 403. The monoisotopic (exact) mass is 300 g/mol. The van der Waals surface area contributed by atoms with Crippen LogP contribution in [0.4, 0.5) is 14.5 Å². The zero-order chi connectivity index (χ0) is 11.6. The summed E-state index contributed by atoms with van der Waals surface area (Å²) in [4.78, 5) is 12.9. The number of halogens is 4. The summed E-state index contributed by atoms with van der Waals surface area (Å²) in [5.41, 5.74) is -1.48. The Balaban J connectivity index is 3.38. The average Bonchev–Trinajstić information content (AvgIpc) is 2.16. The van der Waals surface area contributed by atoms with Gasteiger partial charge in [-0.05, 0) is 0 Å². The molecule has 0 aromatic carbocycles. The van der Waals surface area contributed by atoms with Gasteiger partial charge in [0.25, 0.3) is 12.1 Å². The fraction of sp³-hybridized carbons (Fsp3) is 0.286. The summed E-state index contributed by atoms with van der Waals surface area (Å²) in [5.74, 6) is 0. The molecule has 0 saturated heterocycles. The Hall–Kier alpha value is -0.820. The van der Waals surface area contributed by atoms with Crippen molar-refractivity contribution in [1.82, 2.24) is 4.98 Å². The number of rotatable bonds is 3. The molecule has 0 radical (unpaired) electrons. The van der Waals surface area contributed by atoms with Crippen LogP contribution in [0.2, 0.25) is 5.02 Å². The SMILES string of the molecule is O=[N+]([O-])c1cc(Cl)c(CBr)nc1C(F)F. The molecular formula is C7H4BrClF2N2O2. The molecule has 0 bridgehead atoms. The zero-order valence-corrected chi connectivity index (χ0v) is 9.43. The third-order valence-corrected chi connectivity index (χ3v) is 2.45. The summed E-state index contributed by atoms with van der Waals surface area (Å²) in [6, 6.07) is 0.882. The molecule has 0 aliphatic heterocycles. The molecule has 0 fully saturated rings. The van der Waals surface area contributed by atoms with E-state index >= 15 is 0 Å². The van der Waals surface area contributed by atoms with E-state index in [-0.39, 0.29) is 16.0 Å². The van der Waals surface area contributed by atoms with E-state index in [4.69, 9.17) is 11.6 Å². The Morgan fingerprint density at radius 3 is 2.67 bits per heavy atom. The molecule has 0 aliphatic rings. The van der Waals surface area contributed by atoms with Gasteiger partial charge in [-0.1, -0.05) is 27.5 Å². The minimum atomic E-state index is -3.00. The summed E-state index contributed by atoms with van der Waals surface area (Å²) >= 11 is 8.60. The summed E-state index contributed by atoms with van der Waals surface area (Å²) in [6.45, 7) is 0. The predicted molar refractivity (Wildman–Crippen MR) is 53.5 cm³/mol. The number of pyridine rings is 1. The lowest BCUT2D eigenvalue weighted by atomic mass is 10.2.